The topological polar surface area (TPSA) is 95.5 Å². The zero-order valence-electron chi connectivity index (χ0n) is 13.5. The fraction of sp³-hybridized carbons (Fsp3) is 0. The molecule has 0 atom stereocenters. The first-order chi connectivity index (χ1) is 12.5. The standard InChI is InChI=1S/C19H15NO5S/c21-19(22)14-7-6-10-16(13-14)26(23,24)20-17-11-4-5-12-18(17)25-15-8-2-1-3-9-15/h1-13,20H,(H,21,22)/p-1. The first-order valence-electron chi connectivity index (χ1n) is 7.62. The van der Waals surface area contributed by atoms with Gasteiger partial charge in [0.2, 0.25) is 0 Å². The third kappa shape index (κ3) is 4.01. The Labute approximate surface area is 150 Å². The molecule has 0 spiro atoms. The maximum atomic E-state index is 12.6. The van der Waals surface area contributed by atoms with Gasteiger partial charge in [-0.25, -0.2) is 8.42 Å². The number of ether oxygens (including phenoxy) is 1. The summed E-state index contributed by atoms with van der Waals surface area (Å²) in [5.74, 6) is -0.578. The number of hydrogen-bond donors (Lipinski definition) is 1. The minimum absolute atomic E-state index is 0.186. The minimum Gasteiger partial charge on any atom is -0.545 e. The van der Waals surface area contributed by atoms with Crippen LogP contribution >= 0.6 is 0 Å². The molecule has 1 N–H and O–H groups in total. The van der Waals surface area contributed by atoms with Crippen LogP contribution in [0.15, 0.2) is 83.8 Å². The van der Waals surface area contributed by atoms with Gasteiger partial charge in [-0.3, -0.25) is 4.72 Å². The summed E-state index contributed by atoms with van der Waals surface area (Å²) >= 11 is 0. The molecule has 0 aromatic heterocycles. The summed E-state index contributed by atoms with van der Waals surface area (Å²) in [5, 5.41) is 10.9. The smallest absolute Gasteiger partial charge is 0.262 e. The number of carbonyl (C=O) groups excluding carboxylic acids is 1. The van der Waals surface area contributed by atoms with Crippen LogP contribution in [0.5, 0.6) is 11.5 Å². The summed E-state index contributed by atoms with van der Waals surface area (Å²) in [5.41, 5.74) is 0.0110. The van der Waals surface area contributed by atoms with Crippen LogP contribution < -0.4 is 14.6 Å². The van der Waals surface area contributed by atoms with Crippen molar-refractivity contribution < 1.29 is 23.1 Å². The number of anilines is 1. The van der Waals surface area contributed by atoms with Gasteiger partial charge in [0.05, 0.1) is 16.6 Å². The lowest BCUT2D eigenvalue weighted by atomic mass is 10.2. The lowest BCUT2D eigenvalue weighted by Crippen LogP contribution is -2.23. The van der Waals surface area contributed by atoms with Crippen LogP contribution in [-0.4, -0.2) is 14.4 Å². The van der Waals surface area contributed by atoms with Crippen molar-refractivity contribution >= 4 is 21.7 Å². The molecule has 132 valence electrons. The predicted octanol–water partition coefficient (Wildman–Crippen LogP) is 2.64. The molecule has 0 fully saturated rings. The zero-order valence-corrected chi connectivity index (χ0v) is 14.3. The molecule has 0 unspecified atom stereocenters. The highest BCUT2D eigenvalue weighted by molar-refractivity contribution is 7.92. The Bertz CT molecular complexity index is 1030. The van der Waals surface area contributed by atoms with Crippen molar-refractivity contribution in [1.82, 2.24) is 0 Å². The first-order valence-corrected chi connectivity index (χ1v) is 9.10. The molecule has 3 rings (SSSR count). The Morgan fingerprint density at radius 3 is 2.31 bits per heavy atom. The Hall–Kier alpha value is -3.32. The molecule has 0 heterocycles. The summed E-state index contributed by atoms with van der Waals surface area (Å²) in [6.45, 7) is 0. The van der Waals surface area contributed by atoms with Crippen molar-refractivity contribution in [2.45, 2.75) is 4.90 Å². The Balaban J connectivity index is 1.91. The highest BCUT2D eigenvalue weighted by Crippen LogP contribution is 2.30. The second-order valence-electron chi connectivity index (χ2n) is 5.33. The minimum atomic E-state index is -4.01. The van der Waals surface area contributed by atoms with Crippen LogP contribution in [0, 0.1) is 0 Å². The monoisotopic (exact) mass is 368 g/mol. The van der Waals surface area contributed by atoms with E-state index < -0.39 is 16.0 Å². The number of nitrogens with one attached hydrogen (secondary N) is 1. The van der Waals surface area contributed by atoms with Crippen molar-refractivity contribution in [3.63, 3.8) is 0 Å². The highest BCUT2D eigenvalue weighted by atomic mass is 32.2. The van der Waals surface area contributed by atoms with E-state index in [0.717, 1.165) is 6.07 Å². The van der Waals surface area contributed by atoms with Gasteiger partial charge >= 0.3 is 0 Å². The number of carboxylic acids is 1. The van der Waals surface area contributed by atoms with Crippen LogP contribution in [0.1, 0.15) is 10.4 Å². The second-order valence-corrected chi connectivity index (χ2v) is 7.01. The van der Waals surface area contributed by atoms with Gasteiger partial charge in [0.25, 0.3) is 10.0 Å². The van der Waals surface area contributed by atoms with E-state index in [4.69, 9.17) is 4.74 Å². The first kappa shape index (κ1) is 17.5. The van der Waals surface area contributed by atoms with Gasteiger partial charge in [-0.15, -0.1) is 0 Å². The highest BCUT2D eigenvalue weighted by Gasteiger charge is 2.17. The Morgan fingerprint density at radius 1 is 0.885 bits per heavy atom. The quantitative estimate of drug-likeness (QED) is 0.722. The molecule has 3 aromatic rings. The van der Waals surface area contributed by atoms with Crippen molar-refractivity contribution in [1.29, 1.82) is 0 Å². The van der Waals surface area contributed by atoms with Crippen LogP contribution in [0.25, 0.3) is 0 Å². The predicted molar refractivity (Wildman–Crippen MR) is 94.5 cm³/mol. The number of rotatable bonds is 6. The summed E-state index contributed by atoms with van der Waals surface area (Å²) in [4.78, 5) is 10.8. The van der Waals surface area contributed by atoms with Gasteiger partial charge in [-0.05, 0) is 42.0 Å². The molecular formula is C19H14NO5S-. The molecule has 0 radical (unpaired) electrons. The Morgan fingerprint density at radius 2 is 1.58 bits per heavy atom. The molecule has 0 aliphatic carbocycles. The third-order valence-electron chi connectivity index (χ3n) is 3.48. The maximum absolute atomic E-state index is 12.6. The summed E-state index contributed by atoms with van der Waals surface area (Å²) in [6.07, 6.45) is 0. The van der Waals surface area contributed by atoms with E-state index in [0.29, 0.717) is 11.5 Å². The van der Waals surface area contributed by atoms with Crippen LogP contribution in [-0.2, 0) is 10.0 Å². The lowest BCUT2D eigenvalue weighted by molar-refractivity contribution is -0.255. The molecular weight excluding hydrogens is 354 g/mol. The molecule has 0 saturated heterocycles. The van der Waals surface area contributed by atoms with E-state index in [-0.39, 0.29) is 16.1 Å². The van der Waals surface area contributed by atoms with E-state index in [2.05, 4.69) is 4.72 Å². The van der Waals surface area contributed by atoms with Gasteiger partial charge in [0, 0.05) is 0 Å². The number of carbonyl (C=O) groups is 1. The molecule has 0 bridgehead atoms. The summed E-state index contributed by atoms with van der Waals surface area (Å²) in [7, 11) is -4.01. The molecule has 0 saturated carbocycles. The van der Waals surface area contributed by atoms with Gasteiger partial charge in [-0.1, -0.05) is 42.5 Å². The van der Waals surface area contributed by atoms with Crippen molar-refractivity contribution in [3.05, 3.63) is 84.4 Å². The van der Waals surface area contributed by atoms with Crippen LogP contribution in [0.2, 0.25) is 0 Å². The molecule has 0 aliphatic rings. The summed E-state index contributed by atoms with van der Waals surface area (Å²) < 4.78 is 33.3. The molecule has 0 amide bonds. The summed E-state index contributed by atoms with van der Waals surface area (Å²) in [6, 6.07) is 20.4. The average Bonchev–Trinajstić information content (AvgIpc) is 2.64. The largest absolute Gasteiger partial charge is 0.545 e. The van der Waals surface area contributed by atoms with E-state index in [1.807, 2.05) is 6.07 Å². The van der Waals surface area contributed by atoms with E-state index >= 15 is 0 Å². The SMILES string of the molecule is O=C([O-])c1cccc(S(=O)(=O)Nc2ccccc2Oc2ccccc2)c1. The second kappa shape index (κ2) is 7.28. The van der Waals surface area contributed by atoms with Crippen molar-refractivity contribution in [3.8, 4) is 11.5 Å². The van der Waals surface area contributed by atoms with E-state index in [1.165, 1.54) is 18.2 Å². The van der Waals surface area contributed by atoms with Gasteiger partial charge in [0.15, 0.2) is 5.75 Å². The number of aromatic carboxylic acids is 1. The van der Waals surface area contributed by atoms with Gasteiger partial charge in [0.1, 0.15) is 5.75 Å². The van der Waals surface area contributed by atoms with Crippen LogP contribution in [0.3, 0.4) is 0 Å². The maximum Gasteiger partial charge on any atom is 0.262 e. The number of benzene rings is 3. The fourth-order valence-electron chi connectivity index (χ4n) is 2.25. The molecule has 0 aliphatic heterocycles. The number of sulfonamides is 1. The lowest BCUT2D eigenvalue weighted by Gasteiger charge is -2.14. The normalized spacial score (nSPS) is 10.9. The molecule has 3 aromatic carbocycles. The fourth-order valence-corrected chi connectivity index (χ4v) is 3.37. The van der Waals surface area contributed by atoms with Gasteiger partial charge in [-0.2, -0.15) is 0 Å². The average molecular weight is 368 g/mol. The van der Waals surface area contributed by atoms with Crippen molar-refractivity contribution in [2.75, 3.05) is 4.72 Å². The number of carboxylic acid groups (broad SMARTS) is 1. The van der Waals surface area contributed by atoms with Crippen LogP contribution in [0.4, 0.5) is 5.69 Å². The zero-order chi connectivity index (χ0) is 18.6. The molecule has 26 heavy (non-hydrogen) atoms. The third-order valence-corrected chi connectivity index (χ3v) is 4.85. The number of hydrogen-bond acceptors (Lipinski definition) is 5. The van der Waals surface area contributed by atoms with E-state index in [1.54, 1.807) is 48.5 Å². The molecule has 6 nitrogen and oxygen atoms in total. The van der Waals surface area contributed by atoms with E-state index in [9.17, 15) is 18.3 Å². The van der Waals surface area contributed by atoms with Gasteiger partial charge < -0.3 is 14.6 Å². The number of para-hydroxylation sites is 3. The van der Waals surface area contributed by atoms with Crippen molar-refractivity contribution in [2.24, 2.45) is 0 Å². The molecule has 7 heteroatoms. The Kier molecular flexibility index (Phi) is 4.90.